The monoisotopic (exact) mass is 424 g/mol. The van der Waals surface area contributed by atoms with Crippen molar-refractivity contribution in [2.75, 3.05) is 13.1 Å². The number of nitrogens with two attached hydrogens (primary N) is 1. The van der Waals surface area contributed by atoms with Crippen LogP contribution in [-0.4, -0.2) is 39.2 Å². The van der Waals surface area contributed by atoms with Gasteiger partial charge in [-0.2, -0.15) is 0 Å². The second-order valence-electron chi connectivity index (χ2n) is 7.94. The predicted molar refractivity (Wildman–Crippen MR) is 111 cm³/mol. The zero-order valence-electron chi connectivity index (χ0n) is 17.2. The molecule has 1 aliphatic heterocycles. The van der Waals surface area contributed by atoms with Crippen LogP contribution >= 0.6 is 0 Å². The number of nitrogens with zero attached hydrogens (tertiary/aromatic N) is 3. The number of ketones is 1. The number of aromatic nitrogens is 2. The Hall–Kier alpha value is -3.39. The van der Waals surface area contributed by atoms with E-state index in [0.717, 1.165) is 0 Å². The summed E-state index contributed by atoms with van der Waals surface area (Å²) in [6, 6.07) is 11.0. The van der Waals surface area contributed by atoms with E-state index in [0.29, 0.717) is 41.4 Å². The van der Waals surface area contributed by atoms with E-state index in [4.69, 9.17) is 10.7 Å². The van der Waals surface area contributed by atoms with Gasteiger partial charge in [0.2, 0.25) is 11.7 Å². The highest BCUT2D eigenvalue weighted by Crippen LogP contribution is 2.36. The molecule has 1 aliphatic rings. The molecule has 1 amide bonds. The van der Waals surface area contributed by atoms with E-state index in [9.17, 15) is 18.4 Å². The SMILES string of the molecule is CC1(C)c2nc(-c3ccc(F)cc3)c(C(=O)c3ccc(F)cc3)n2CCN1C(=O)CN. The molecule has 1 aromatic heterocycles. The van der Waals surface area contributed by atoms with Crippen molar-refractivity contribution in [3.05, 3.63) is 77.2 Å². The summed E-state index contributed by atoms with van der Waals surface area (Å²) in [6.07, 6.45) is 0. The molecule has 160 valence electrons. The van der Waals surface area contributed by atoms with Gasteiger partial charge in [-0.25, -0.2) is 13.8 Å². The molecule has 2 aromatic carbocycles. The predicted octanol–water partition coefficient (Wildman–Crippen LogP) is 3.10. The van der Waals surface area contributed by atoms with Gasteiger partial charge < -0.3 is 15.2 Å². The normalized spacial score (nSPS) is 14.9. The molecule has 2 heterocycles. The molecule has 0 saturated carbocycles. The number of amides is 1. The highest BCUT2D eigenvalue weighted by molar-refractivity contribution is 6.11. The van der Waals surface area contributed by atoms with Crippen molar-refractivity contribution >= 4 is 11.7 Å². The van der Waals surface area contributed by atoms with Crippen LogP contribution in [0.25, 0.3) is 11.3 Å². The van der Waals surface area contributed by atoms with Crippen molar-refractivity contribution in [1.29, 1.82) is 0 Å². The molecule has 8 heteroatoms. The van der Waals surface area contributed by atoms with E-state index in [1.165, 1.54) is 36.4 Å². The van der Waals surface area contributed by atoms with Gasteiger partial charge in [0.1, 0.15) is 28.8 Å². The Kier molecular flexibility index (Phi) is 5.18. The van der Waals surface area contributed by atoms with E-state index in [2.05, 4.69) is 0 Å². The zero-order chi connectivity index (χ0) is 22.3. The smallest absolute Gasteiger partial charge is 0.237 e. The average molecular weight is 424 g/mol. The van der Waals surface area contributed by atoms with Gasteiger partial charge in [0.05, 0.1) is 12.1 Å². The molecule has 0 saturated heterocycles. The van der Waals surface area contributed by atoms with Crippen LogP contribution in [0.5, 0.6) is 0 Å². The summed E-state index contributed by atoms with van der Waals surface area (Å²) in [5.74, 6) is -0.853. The lowest BCUT2D eigenvalue weighted by molar-refractivity contribution is -0.137. The maximum absolute atomic E-state index is 13.5. The van der Waals surface area contributed by atoms with E-state index in [1.54, 1.807) is 21.6 Å². The van der Waals surface area contributed by atoms with Gasteiger partial charge in [-0.15, -0.1) is 0 Å². The molecule has 0 atom stereocenters. The maximum atomic E-state index is 13.5. The summed E-state index contributed by atoms with van der Waals surface area (Å²) in [7, 11) is 0. The van der Waals surface area contributed by atoms with E-state index >= 15 is 0 Å². The van der Waals surface area contributed by atoms with Crippen molar-refractivity contribution in [3.63, 3.8) is 0 Å². The number of carbonyl (C=O) groups is 2. The van der Waals surface area contributed by atoms with Crippen molar-refractivity contribution in [2.45, 2.75) is 25.9 Å². The molecule has 0 bridgehead atoms. The lowest BCUT2D eigenvalue weighted by atomic mass is 9.98. The fourth-order valence-corrected chi connectivity index (χ4v) is 4.06. The van der Waals surface area contributed by atoms with Crippen molar-refractivity contribution in [2.24, 2.45) is 5.73 Å². The summed E-state index contributed by atoms with van der Waals surface area (Å²) < 4.78 is 28.7. The molecular formula is C23H22F2N4O2. The second kappa shape index (κ2) is 7.70. The van der Waals surface area contributed by atoms with Crippen LogP contribution in [0, 0.1) is 11.6 Å². The third kappa shape index (κ3) is 3.53. The Morgan fingerprint density at radius 3 is 2.16 bits per heavy atom. The van der Waals surface area contributed by atoms with Gasteiger partial charge in [-0.05, 0) is 62.4 Å². The minimum atomic E-state index is -0.815. The van der Waals surface area contributed by atoms with E-state index < -0.39 is 17.2 Å². The topological polar surface area (TPSA) is 81.2 Å². The van der Waals surface area contributed by atoms with Crippen LogP contribution in [0.15, 0.2) is 48.5 Å². The first-order valence-corrected chi connectivity index (χ1v) is 9.91. The van der Waals surface area contributed by atoms with Gasteiger partial charge >= 0.3 is 0 Å². The first-order chi connectivity index (χ1) is 14.7. The van der Waals surface area contributed by atoms with Crippen LogP contribution in [0.4, 0.5) is 8.78 Å². The van der Waals surface area contributed by atoms with Crippen LogP contribution in [0.2, 0.25) is 0 Å². The minimum absolute atomic E-state index is 0.129. The number of benzene rings is 2. The molecule has 4 rings (SSSR count). The molecule has 3 aromatic rings. The number of imidazole rings is 1. The van der Waals surface area contributed by atoms with Gasteiger partial charge in [-0.1, -0.05) is 0 Å². The average Bonchev–Trinajstić information content (AvgIpc) is 3.15. The van der Waals surface area contributed by atoms with E-state index in [1.807, 2.05) is 13.8 Å². The molecule has 6 nitrogen and oxygen atoms in total. The number of fused-ring (bicyclic) bond motifs is 1. The van der Waals surface area contributed by atoms with Crippen LogP contribution in [0.3, 0.4) is 0 Å². The Labute approximate surface area is 178 Å². The van der Waals surface area contributed by atoms with Crippen molar-refractivity contribution < 1.29 is 18.4 Å². The molecular weight excluding hydrogens is 402 g/mol. The van der Waals surface area contributed by atoms with Crippen LogP contribution < -0.4 is 5.73 Å². The fourth-order valence-electron chi connectivity index (χ4n) is 4.06. The molecule has 2 N–H and O–H groups in total. The van der Waals surface area contributed by atoms with Gasteiger partial charge in [0, 0.05) is 24.2 Å². The standard InChI is InChI=1S/C23H22F2N4O2/c1-23(2)22-27-19(14-3-7-16(24)8-4-14)20(21(31)15-5-9-17(25)10-6-15)28(22)11-12-29(23)18(30)13-26/h3-10H,11-13,26H2,1-2H3. The molecule has 0 radical (unpaired) electrons. The number of hydrogen-bond acceptors (Lipinski definition) is 4. The Bertz CT molecular complexity index is 1150. The number of carbonyl (C=O) groups excluding carboxylic acids is 2. The molecule has 31 heavy (non-hydrogen) atoms. The first kappa shape index (κ1) is 20.9. The van der Waals surface area contributed by atoms with E-state index in [-0.39, 0.29) is 18.2 Å². The zero-order valence-corrected chi connectivity index (χ0v) is 17.2. The van der Waals surface area contributed by atoms with Crippen molar-refractivity contribution in [3.8, 4) is 11.3 Å². The number of hydrogen-bond donors (Lipinski definition) is 1. The highest BCUT2D eigenvalue weighted by Gasteiger charge is 2.42. The lowest BCUT2D eigenvalue weighted by Crippen LogP contribution is -2.53. The highest BCUT2D eigenvalue weighted by atomic mass is 19.1. The third-order valence-electron chi connectivity index (χ3n) is 5.65. The lowest BCUT2D eigenvalue weighted by Gasteiger charge is -2.42. The minimum Gasteiger partial charge on any atom is -0.327 e. The molecule has 0 aliphatic carbocycles. The summed E-state index contributed by atoms with van der Waals surface area (Å²) in [6.45, 7) is 4.27. The summed E-state index contributed by atoms with van der Waals surface area (Å²) in [5.41, 5.74) is 6.36. The third-order valence-corrected chi connectivity index (χ3v) is 5.65. The second-order valence-corrected chi connectivity index (χ2v) is 7.94. The van der Waals surface area contributed by atoms with Gasteiger partial charge in [-0.3, -0.25) is 9.59 Å². The van der Waals surface area contributed by atoms with Gasteiger partial charge in [0.15, 0.2) is 0 Å². The first-order valence-electron chi connectivity index (χ1n) is 9.91. The van der Waals surface area contributed by atoms with Gasteiger partial charge in [0.25, 0.3) is 0 Å². The molecule has 0 fully saturated rings. The Morgan fingerprint density at radius 2 is 1.58 bits per heavy atom. The summed E-state index contributed by atoms with van der Waals surface area (Å²) in [4.78, 5) is 32.3. The Balaban J connectivity index is 1.92. The van der Waals surface area contributed by atoms with Crippen molar-refractivity contribution in [1.82, 2.24) is 14.5 Å². The maximum Gasteiger partial charge on any atom is 0.237 e. The largest absolute Gasteiger partial charge is 0.327 e. The quantitative estimate of drug-likeness (QED) is 0.653. The summed E-state index contributed by atoms with van der Waals surface area (Å²) >= 11 is 0. The fraction of sp³-hybridized carbons (Fsp3) is 0.261. The van der Waals surface area contributed by atoms with Crippen LogP contribution in [0.1, 0.15) is 35.7 Å². The Morgan fingerprint density at radius 1 is 1.00 bits per heavy atom. The number of halogens is 2. The molecule has 0 spiro atoms. The number of rotatable bonds is 4. The summed E-state index contributed by atoms with van der Waals surface area (Å²) in [5, 5.41) is 0. The van der Waals surface area contributed by atoms with Crippen LogP contribution in [-0.2, 0) is 16.9 Å². The molecule has 0 unspecified atom stereocenters.